The molecule has 0 radical (unpaired) electrons. The van der Waals surface area contributed by atoms with Crippen molar-refractivity contribution in [3.8, 4) is 0 Å². The normalized spacial score (nSPS) is 19.1. The van der Waals surface area contributed by atoms with Crippen molar-refractivity contribution >= 4 is 54.9 Å². The molecule has 2 aliphatic rings. The van der Waals surface area contributed by atoms with Gasteiger partial charge in [0.2, 0.25) is 37.2 Å². The third-order valence-electron chi connectivity index (χ3n) is 9.79. The fourth-order valence-electron chi connectivity index (χ4n) is 6.29. The zero-order valence-corrected chi connectivity index (χ0v) is 35.5. The predicted molar refractivity (Wildman–Crippen MR) is 212 cm³/mol. The number of nitrogens with zero attached hydrogens (tertiary/aromatic N) is 3. The third-order valence-corrected chi connectivity index (χ3v) is 11.6. The van der Waals surface area contributed by atoms with Crippen LogP contribution in [0, 0.1) is 10.8 Å². The van der Waals surface area contributed by atoms with E-state index in [9.17, 15) is 33.3 Å². The van der Waals surface area contributed by atoms with Crippen LogP contribution >= 0.6 is 7.60 Å². The average Bonchev–Trinajstić information content (AvgIpc) is 3.59. The molecule has 2 aliphatic heterocycles. The van der Waals surface area contributed by atoms with Crippen molar-refractivity contribution in [3.63, 3.8) is 0 Å². The second-order valence-electron chi connectivity index (χ2n) is 16.4. The van der Waals surface area contributed by atoms with Gasteiger partial charge in [0.1, 0.15) is 12.1 Å². The zero-order valence-electron chi connectivity index (χ0n) is 34.6. The molecule has 1 unspecified atom stereocenters. The quantitative estimate of drug-likeness (QED) is 0.111. The molecule has 0 spiro atoms. The Hall–Kier alpha value is -4.99. The largest absolute Gasteiger partial charge is 0.438 e. The summed E-state index contributed by atoms with van der Waals surface area (Å²) in [7, 11) is -3.92. The number of para-hydroxylation sites is 1. The molecule has 18 heteroatoms. The van der Waals surface area contributed by atoms with Gasteiger partial charge in [-0.2, -0.15) is 8.78 Å². The number of anilines is 1. The molecular formula is C41H53F2N4O11P. The topological polar surface area (TPSA) is 178 Å². The van der Waals surface area contributed by atoms with Gasteiger partial charge >= 0.3 is 25.2 Å². The maximum absolute atomic E-state index is 16.0. The highest BCUT2D eigenvalue weighted by Crippen LogP contribution is 2.67. The second kappa shape index (κ2) is 18.9. The Morgan fingerprint density at radius 1 is 0.864 bits per heavy atom. The molecular weight excluding hydrogens is 793 g/mol. The van der Waals surface area contributed by atoms with Crippen molar-refractivity contribution < 1.29 is 60.6 Å². The van der Waals surface area contributed by atoms with E-state index in [0.717, 1.165) is 18.2 Å². The van der Waals surface area contributed by atoms with Crippen molar-refractivity contribution in [1.29, 1.82) is 0 Å². The number of alkyl halides is 2. The highest BCUT2D eigenvalue weighted by atomic mass is 31.2. The number of hydrogen-bond acceptors (Lipinski definition) is 11. The van der Waals surface area contributed by atoms with Gasteiger partial charge in [0.25, 0.3) is 0 Å². The number of likely N-dealkylation sites (N-methyl/N-ethyl adjacent to an activating group) is 1. The monoisotopic (exact) mass is 846 g/mol. The number of ether oxygens (including phenoxy) is 2. The summed E-state index contributed by atoms with van der Waals surface area (Å²) in [6.45, 7) is 8.32. The highest BCUT2D eigenvalue weighted by molar-refractivity contribution is 7.54. The summed E-state index contributed by atoms with van der Waals surface area (Å²) in [6.07, 6.45) is 3.77. The second-order valence-corrected chi connectivity index (χ2v) is 18.5. The van der Waals surface area contributed by atoms with Crippen LogP contribution in [0.1, 0.15) is 78.9 Å². The van der Waals surface area contributed by atoms with E-state index < -0.39 is 79.1 Å². The average molecular weight is 847 g/mol. The lowest BCUT2D eigenvalue weighted by atomic mass is 9.98. The first-order valence-electron chi connectivity index (χ1n) is 19.1. The number of amides is 4. The molecule has 1 N–H and O–H groups in total. The summed E-state index contributed by atoms with van der Waals surface area (Å²) in [6, 6.07) is 10.9. The molecule has 2 saturated heterocycles. The fraction of sp³-hybridized carbons (Fsp3) is 0.512. The lowest BCUT2D eigenvalue weighted by Crippen LogP contribution is -2.61. The molecule has 322 valence electrons. The van der Waals surface area contributed by atoms with Gasteiger partial charge in [-0.1, -0.05) is 42.5 Å². The molecule has 2 aromatic rings. The Morgan fingerprint density at radius 3 is 1.95 bits per heavy atom. The maximum Gasteiger partial charge on any atom is 0.410 e. The molecule has 15 nitrogen and oxygen atoms in total. The molecule has 2 fully saturated rings. The van der Waals surface area contributed by atoms with E-state index in [1.807, 2.05) is 6.07 Å². The summed E-state index contributed by atoms with van der Waals surface area (Å²) in [4.78, 5) is 82.5. The van der Waals surface area contributed by atoms with Gasteiger partial charge in [-0.05, 0) is 84.6 Å². The maximum atomic E-state index is 16.0. The number of rotatable bonds is 13. The van der Waals surface area contributed by atoms with Gasteiger partial charge < -0.3 is 29.5 Å². The highest BCUT2D eigenvalue weighted by Gasteiger charge is 2.56. The number of halogens is 2. The summed E-state index contributed by atoms with van der Waals surface area (Å²) in [5, 5.41) is 2.66. The number of nitrogens with one attached hydrogen (secondary N) is 1. The molecule has 4 rings (SSSR count). The van der Waals surface area contributed by atoms with Gasteiger partial charge in [-0.3, -0.25) is 42.4 Å². The molecule has 2 aromatic carbocycles. The Kier molecular flexibility index (Phi) is 15.0. The zero-order chi connectivity index (χ0) is 43.9. The van der Waals surface area contributed by atoms with Crippen molar-refractivity contribution in [3.05, 3.63) is 71.8 Å². The van der Waals surface area contributed by atoms with Gasteiger partial charge in [-0.15, -0.1) is 0 Å². The summed E-state index contributed by atoms with van der Waals surface area (Å²) in [5.41, 5.74) is -6.34. The van der Waals surface area contributed by atoms with Crippen LogP contribution < -0.4 is 10.2 Å². The van der Waals surface area contributed by atoms with Crippen LogP contribution in [0.15, 0.2) is 60.7 Å². The van der Waals surface area contributed by atoms with Crippen LogP contribution in [0.4, 0.5) is 14.5 Å². The third kappa shape index (κ3) is 11.6. The molecule has 4 amide bonds. The van der Waals surface area contributed by atoms with Crippen LogP contribution in [-0.2, 0) is 57.5 Å². The SMILES string of the molecule is CC(=O)N1CC[C@H]2CC[C@@H](C(=O)N(C)c3ccccc3)N2C(=O)C(NC(=O)/C=C/c2ccc(C(F)(F)P(=O)(OCOC(=O)C(C)(C)C)OCOC(=O)C(C)(C)C)cc2)C1. The molecule has 0 aliphatic carbocycles. The van der Waals surface area contributed by atoms with Crippen LogP contribution in [0.25, 0.3) is 6.08 Å². The minimum Gasteiger partial charge on any atom is -0.438 e. The van der Waals surface area contributed by atoms with Crippen LogP contribution in [0.5, 0.6) is 0 Å². The number of fused-ring (bicyclic) bond motifs is 1. The van der Waals surface area contributed by atoms with Crippen LogP contribution in [-0.4, -0.2) is 97.2 Å². The number of hydrogen-bond donors (Lipinski definition) is 1. The summed E-state index contributed by atoms with van der Waals surface area (Å²) < 4.78 is 65.1. The summed E-state index contributed by atoms with van der Waals surface area (Å²) in [5.74, 6) is -3.47. The van der Waals surface area contributed by atoms with Crippen molar-refractivity contribution in [2.24, 2.45) is 10.8 Å². The van der Waals surface area contributed by atoms with E-state index in [-0.39, 0.29) is 30.0 Å². The van der Waals surface area contributed by atoms with E-state index in [1.165, 1.54) is 81.4 Å². The Morgan fingerprint density at radius 2 is 1.42 bits per heavy atom. The first kappa shape index (κ1) is 46.7. The van der Waals surface area contributed by atoms with Gasteiger partial charge in [0.15, 0.2) is 0 Å². The number of carbonyl (C=O) groups is 6. The number of carbonyl (C=O) groups excluding carboxylic acids is 6. The van der Waals surface area contributed by atoms with E-state index >= 15 is 8.78 Å². The van der Waals surface area contributed by atoms with E-state index in [1.54, 1.807) is 31.3 Å². The Labute approximate surface area is 342 Å². The Bertz CT molecular complexity index is 1910. The molecule has 3 atom stereocenters. The van der Waals surface area contributed by atoms with E-state index in [0.29, 0.717) is 31.5 Å². The van der Waals surface area contributed by atoms with Crippen molar-refractivity contribution in [1.82, 2.24) is 15.1 Å². The van der Waals surface area contributed by atoms with Gasteiger partial charge in [0.05, 0.1) is 10.8 Å². The molecule has 59 heavy (non-hydrogen) atoms. The number of esters is 2. The minimum atomic E-state index is -5.55. The fourth-order valence-corrected chi connectivity index (χ4v) is 7.54. The Balaban J connectivity index is 1.50. The van der Waals surface area contributed by atoms with E-state index in [2.05, 4.69) is 5.32 Å². The smallest absolute Gasteiger partial charge is 0.410 e. The van der Waals surface area contributed by atoms with Crippen molar-refractivity contribution in [2.75, 3.05) is 38.6 Å². The minimum absolute atomic E-state index is 0.134. The standard InChI is InChI=1S/C41H53F2N4O11P/c1-27(48)46-23-22-31-19-20-33(36(51)45(8)30-12-10-9-11-13-30)47(31)35(50)32(24-46)44-34(49)21-16-28-14-17-29(18-15-28)41(42,43)59(54,57-25-55-37(52)39(2,3)4)58-26-56-38(53)40(5,6)7/h9-18,21,31-33H,19-20,22-26H2,1-8H3,(H,44,49)/b21-16+/t31-,32?,33+/m1/s1. The van der Waals surface area contributed by atoms with E-state index in [4.69, 9.17) is 18.5 Å². The first-order chi connectivity index (χ1) is 27.5. The predicted octanol–water partition coefficient (Wildman–Crippen LogP) is 5.83. The summed E-state index contributed by atoms with van der Waals surface area (Å²) >= 11 is 0. The number of benzene rings is 2. The first-order valence-corrected chi connectivity index (χ1v) is 20.6. The van der Waals surface area contributed by atoms with Crippen LogP contribution in [0.2, 0.25) is 0 Å². The lowest BCUT2D eigenvalue weighted by Gasteiger charge is -2.39. The van der Waals surface area contributed by atoms with Gasteiger partial charge in [0, 0.05) is 50.4 Å². The molecule has 0 bridgehead atoms. The lowest BCUT2D eigenvalue weighted by molar-refractivity contribution is -0.163. The molecule has 2 heterocycles. The van der Waals surface area contributed by atoms with Crippen LogP contribution in [0.3, 0.4) is 0 Å². The molecule has 0 aromatic heterocycles. The van der Waals surface area contributed by atoms with Crippen molar-refractivity contribution in [2.45, 2.75) is 91.5 Å². The molecule has 0 saturated carbocycles. The van der Waals surface area contributed by atoms with Gasteiger partial charge in [-0.25, -0.2) is 0 Å².